The molecule has 2 rings (SSSR count). The number of aromatic amines is 2. The molecule has 0 fully saturated rings. The number of rotatable bonds is 0. The Labute approximate surface area is 70.9 Å². The van der Waals surface area contributed by atoms with Gasteiger partial charge < -0.3 is 15.1 Å². The molecule has 0 aliphatic carbocycles. The lowest BCUT2D eigenvalue weighted by Crippen LogP contribution is -2.28. The minimum absolute atomic E-state index is 0.132. The molecule has 0 aliphatic heterocycles. The van der Waals surface area contributed by atoms with E-state index in [1.54, 1.807) is 0 Å². The lowest BCUT2D eigenvalue weighted by atomic mass is 10.4. The average molecular weight is 179 g/mol. The summed E-state index contributed by atoms with van der Waals surface area (Å²) in [6, 6.07) is 1.48. The molecule has 66 valence electrons. The second-order valence-corrected chi connectivity index (χ2v) is 2.47. The smallest absolute Gasteiger partial charge is 0.314 e. The first-order valence-electron chi connectivity index (χ1n) is 3.49. The minimum atomic E-state index is -0.809. The number of pyridine rings is 1. The van der Waals surface area contributed by atoms with Gasteiger partial charge in [0, 0.05) is 6.20 Å². The first-order valence-corrected chi connectivity index (χ1v) is 3.49. The molecule has 0 aromatic carbocycles. The van der Waals surface area contributed by atoms with E-state index in [0.717, 1.165) is 0 Å². The van der Waals surface area contributed by atoms with Gasteiger partial charge in [-0.2, -0.15) is 0 Å². The molecular weight excluding hydrogens is 174 g/mol. The number of hydrogen-bond donors (Lipinski definition) is 3. The second-order valence-electron chi connectivity index (χ2n) is 2.47. The molecule has 0 amide bonds. The van der Waals surface area contributed by atoms with Crippen LogP contribution in [0.3, 0.4) is 0 Å². The minimum Gasteiger partial charge on any atom is -0.492 e. The Kier molecular flexibility index (Phi) is 1.42. The zero-order valence-corrected chi connectivity index (χ0v) is 6.37. The third-order valence-electron chi connectivity index (χ3n) is 1.62. The highest BCUT2D eigenvalue weighted by molar-refractivity contribution is 5.77. The van der Waals surface area contributed by atoms with Crippen LogP contribution >= 0.6 is 0 Å². The maximum Gasteiger partial charge on any atom is 0.314 e. The van der Waals surface area contributed by atoms with Crippen molar-refractivity contribution < 1.29 is 5.11 Å². The van der Waals surface area contributed by atoms with Gasteiger partial charge >= 0.3 is 11.1 Å². The molecular formula is C7H5N3O3. The predicted molar refractivity (Wildman–Crippen MR) is 44.6 cm³/mol. The van der Waals surface area contributed by atoms with E-state index in [1.807, 2.05) is 0 Å². The first-order chi connectivity index (χ1) is 6.18. The van der Waals surface area contributed by atoms with Gasteiger partial charge in [0.1, 0.15) is 5.52 Å². The lowest BCUT2D eigenvalue weighted by molar-refractivity contribution is 0.458. The maximum absolute atomic E-state index is 10.8. The van der Waals surface area contributed by atoms with E-state index in [9.17, 15) is 14.7 Å². The molecule has 0 unspecified atom stereocenters. The molecule has 0 atom stereocenters. The predicted octanol–water partition coefficient (Wildman–Crippen LogP) is -0.683. The fourth-order valence-electron chi connectivity index (χ4n) is 1.03. The van der Waals surface area contributed by atoms with E-state index in [1.165, 1.54) is 12.3 Å². The van der Waals surface area contributed by atoms with Crippen LogP contribution in [0.4, 0.5) is 0 Å². The average Bonchev–Trinajstić information content (AvgIpc) is 2.09. The molecule has 0 spiro atoms. The fraction of sp³-hybridized carbons (Fsp3) is 0. The summed E-state index contributed by atoms with van der Waals surface area (Å²) in [6.07, 6.45) is 1.33. The zero-order valence-electron chi connectivity index (χ0n) is 6.37. The van der Waals surface area contributed by atoms with Crippen LogP contribution in [0.5, 0.6) is 5.88 Å². The van der Waals surface area contributed by atoms with E-state index in [-0.39, 0.29) is 11.4 Å². The molecule has 0 saturated carbocycles. The zero-order chi connectivity index (χ0) is 9.42. The monoisotopic (exact) mass is 179 g/mol. The number of H-pyrrole nitrogens is 2. The molecule has 0 aliphatic rings. The van der Waals surface area contributed by atoms with Gasteiger partial charge in [0.25, 0.3) is 0 Å². The van der Waals surface area contributed by atoms with Crippen LogP contribution in [-0.4, -0.2) is 20.1 Å². The summed E-state index contributed by atoms with van der Waals surface area (Å²) in [5.41, 5.74) is -1.09. The Hall–Kier alpha value is -2.11. The van der Waals surface area contributed by atoms with Crippen molar-refractivity contribution in [3.8, 4) is 5.88 Å². The Bertz CT molecular complexity index is 569. The van der Waals surface area contributed by atoms with E-state index in [4.69, 9.17) is 0 Å². The number of nitrogens with one attached hydrogen (secondary N) is 2. The number of nitrogens with zero attached hydrogens (tertiary/aromatic N) is 1. The Morgan fingerprint density at radius 3 is 2.69 bits per heavy atom. The topological polar surface area (TPSA) is 98.8 Å². The number of fused-ring (bicyclic) bond motifs is 1. The van der Waals surface area contributed by atoms with Gasteiger partial charge in [-0.1, -0.05) is 0 Å². The highest BCUT2D eigenvalue weighted by Gasteiger charge is 2.03. The van der Waals surface area contributed by atoms with Crippen LogP contribution in [-0.2, 0) is 0 Å². The third-order valence-corrected chi connectivity index (χ3v) is 1.62. The van der Waals surface area contributed by atoms with E-state index in [2.05, 4.69) is 15.0 Å². The first kappa shape index (κ1) is 7.53. The quantitative estimate of drug-likeness (QED) is 0.466. The molecule has 2 aromatic rings. The molecule has 0 radical (unpaired) electrons. The Morgan fingerprint density at radius 1 is 1.23 bits per heavy atom. The summed E-state index contributed by atoms with van der Waals surface area (Å²) >= 11 is 0. The molecule has 6 heteroatoms. The second kappa shape index (κ2) is 2.44. The van der Waals surface area contributed by atoms with Gasteiger partial charge in [0.2, 0.25) is 5.88 Å². The molecule has 3 N–H and O–H groups in total. The van der Waals surface area contributed by atoms with E-state index >= 15 is 0 Å². The van der Waals surface area contributed by atoms with Crippen LogP contribution < -0.4 is 11.1 Å². The lowest BCUT2D eigenvalue weighted by Gasteiger charge is -1.96. The van der Waals surface area contributed by atoms with Crippen LogP contribution in [0.1, 0.15) is 0 Å². The highest BCUT2D eigenvalue weighted by atomic mass is 16.3. The molecule has 2 aromatic heterocycles. The molecule has 13 heavy (non-hydrogen) atoms. The van der Waals surface area contributed by atoms with Crippen molar-refractivity contribution in [2.24, 2.45) is 0 Å². The molecule has 6 nitrogen and oxygen atoms in total. The van der Waals surface area contributed by atoms with Crippen molar-refractivity contribution in [2.45, 2.75) is 0 Å². The number of aromatic nitrogens is 3. The van der Waals surface area contributed by atoms with E-state index < -0.39 is 11.1 Å². The summed E-state index contributed by atoms with van der Waals surface area (Å²) in [7, 11) is 0. The van der Waals surface area contributed by atoms with Crippen molar-refractivity contribution >= 4 is 11.0 Å². The van der Waals surface area contributed by atoms with Crippen LogP contribution in [0.25, 0.3) is 11.0 Å². The Morgan fingerprint density at radius 2 is 1.92 bits per heavy atom. The summed E-state index contributed by atoms with van der Waals surface area (Å²) < 4.78 is 0. The van der Waals surface area contributed by atoms with Crippen molar-refractivity contribution in [1.82, 2.24) is 15.0 Å². The summed E-state index contributed by atoms with van der Waals surface area (Å²) in [5, 5.41) is 9.18. The van der Waals surface area contributed by atoms with Crippen LogP contribution in [0, 0.1) is 0 Å². The largest absolute Gasteiger partial charge is 0.492 e. The standard InChI is InChI=1S/C7H5N3O3/c11-5-4-3(1-2-8-5)9-6(12)7(13)10-4/h1-2H,(H,8,11)(H,9,12)(H,10,13). The molecule has 0 saturated heterocycles. The summed E-state index contributed by atoms with van der Waals surface area (Å²) in [6.45, 7) is 0. The SMILES string of the molecule is O=c1[nH]c2ccnc(O)c2[nH]c1=O. The van der Waals surface area contributed by atoms with Gasteiger partial charge in [-0.15, -0.1) is 0 Å². The maximum atomic E-state index is 10.8. The van der Waals surface area contributed by atoms with Crippen molar-refractivity contribution in [2.75, 3.05) is 0 Å². The van der Waals surface area contributed by atoms with Gasteiger partial charge in [-0.3, -0.25) is 9.59 Å². The van der Waals surface area contributed by atoms with Crippen LogP contribution in [0.15, 0.2) is 21.9 Å². The summed E-state index contributed by atoms with van der Waals surface area (Å²) in [4.78, 5) is 29.7. The van der Waals surface area contributed by atoms with Gasteiger partial charge in [0.15, 0.2) is 0 Å². The fourth-order valence-corrected chi connectivity index (χ4v) is 1.03. The van der Waals surface area contributed by atoms with Crippen LogP contribution in [0.2, 0.25) is 0 Å². The van der Waals surface area contributed by atoms with Crippen molar-refractivity contribution in [1.29, 1.82) is 0 Å². The van der Waals surface area contributed by atoms with Crippen molar-refractivity contribution in [3.05, 3.63) is 33.0 Å². The van der Waals surface area contributed by atoms with Crippen molar-refractivity contribution in [3.63, 3.8) is 0 Å². The Balaban J connectivity index is 3.06. The summed E-state index contributed by atoms with van der Waals surface area (Å²) in [5.74, 6) is -0.314. The highest BCUT2D eigenvalue weighted by Crippen LogP contribution is 2.13. The van der Waals surface area contributed by atoms with Gasteiger partial charge in [-0.05, 0) is 6.07 Å². The molecule has 2 heterocycles. The van der Waals surface area contributed by atoms with Gasteiger partial charge in [0.05, 0.1) is 5.52 Å². The molecule has 0 bridgehead atoms. The number of hydrogen-bond acceptors (Lipinski definition) is 4. The van der Waals surface area contributed by atoms with Gasteiger partial charge in [-0.25, -0.2) is 4.98 Å². The third kappa shape index (κ3) is 1.08. The number of aromatic hydroxyl groups is 1. The van der Waals surface area contributed by atoms with E-state index in [0.29, 0.717) is 5.52 Å². The normalized spacial score (nSPS) is 10.5.